The van der Waals surface area contributed by atoms with Gasteiger partial charge in [0.05, 0.1) is 31.7 Å². The summed E-state index contributed by atoms with van der Waals surface area (Å²) in [6, 6.07) is 11.8. The van der Waals surface area contributed by atoms with Crippen molar-refractivity contribution >= 4 is 29.3 Å². The van der Waals surface area contributed by atoms with Gasteiger partial charge in [-0.25, -0.2) is 9.59 Å². The number of nitrogens with zero attached hydrogens (tertiary/aromatic N) is 3. The predicted octanol–water partition coefficient (Wildman–Crippen LogP) is 2.46. The fourth-order valence-corrected chi connectivity index (χ4v) is 10.4. The lowest BCUT2D eigenvalue weighted by atomic mass is 9.71. The van der Waals surface area contributed by atoms with Gasteiger partial charge in [0.1, 0.15) is 56.8 Å². The van der Waals surface area contributed by atoms with Crippen LogP contribution in [0.25, 0.3) is 16.7 Å². The van der Waals surface area contributed by atoms with Gasteiger partial charge in [0.15, 0.2) is 6.54 Å². The quantitative estimate of drug-likeness (QED) is 0.119. The average molecular weight is 713 g/mol. The minimum absolute atomic E-state index is 0.00541. The maximum absolute atomic E-state index is 13.1. The Hall–Kier alpha value is -4.52. The number of benzene rings is 2. The van der Waals surface area contributed by atoms with Crippen LogP contribution in [0.1, 0.15) is 49.3 Å². The average Bonchev–Trinajstić information content (AvgIpc) is 3.59. The molecule has 1 saturated carbocycles. The second-order valence-electron chi connectivity index (χ2n) is 15.8. The zero-order valence-corrected chi connectivity index (χ0v) is 29.9. The van der Waals surface area contributed by atoms with Gasteiger partial charge >= 0.3 is 11.9 Å². The van der Waals surface area contributed by atoms with E-state index in [1.807, 2.05) is 18.2 Å². The van der Waals surface area contributed by atoms with E-state index in [9.17, 15) is 29.4 Å². The van der Waals surface area contributed by atoms with E-state index in [2.05, 4.69) is 18.2 Å². The third kappa shape index (κ3) is 5.54. The SMILES string of the molecule is COC(=O)/C=C1/c2cc(CCC[N+]34CC[N+](CC(N)=O)(CC3)CC4)ccc2-c2c(OC3CCC[C@H]4C3=C(C(=O)O)N3C(=O)C(C(C)O)C43)cccc21. The first-order valence-corrected chi connectivity index (χ1v) is 18.7. The summed E-state index contributed by atoms with van der Waals surface area (Å²) in [5, 5.41) is 20.7. The summed E-state index contributed by atoms with van der Waals surface area (Å²) in [6.07, 6.45) is 4.13. The Labute approximate surface area is 303 Å². The molecule has 2 aliphatic carbocycles. The Balaban J connectivity index is 1.06. The molecule has 0 radical (unpaired) electrons. The van der Waals surface area contributed by atoms with Gasteiger partial charge in [-0.05, 0) is 66.5 Å². The van der Waals surface area contributed by atoms with Crippen LogP contribution < -0.4 is 10.5 Å². The summed E-state index contributed by atoms with van der Waals surface area (Å²) in [4.78, 5) is 51.5. The fraction of sp³-hybridized carbons (Fsp3) is 0.500. The standard InChI is InChI=1S/C40H46N4O8/c1-23(45)34-37-27-8-4-10-31(36(27)38(40(49)50)42(37)39(34)48)52-30-9-3-7-25-29(21-33(47)51-2)28-20-24(11-12-26(28)35(25)30)6-5-13-43-14-17-44(18-15-43,19-16-43)22-32(41)46/h3,7,9,11-12,20-21,23,27,31,34,37,45H,4-6,8,10,13-19,22H2,1-2H3,(H-2,41,46,49,50)/p+2/b29-21+/t23?,27-,31?,34?,37?,43?,44?/m0/s1. The van der Waals surface area contributed by atoms with E-state index in [-0.39, 0.29) is 29.5 Å². The molecule has 0 spiro atoms. The smallest absolute Gasteiger partial charge is 0.352 e. The van der Waals surface area contributed by atoms with Gasteiger partial charge in [-0.3, -0.25) is 9.59 Å². The van der Waals surface area contributed by atoms with Gasteiger partial charge in [0.2, 0.25) is 5.91 Å². The van der Waals surface area contributed by atoms with E-state index in [4.69, 9.17) is 15.2 Å². The monoisotopic (exact) mass is 712 g/mol. The number of carboxylic acid groups (broad SMARTS) is 1. The lowest BCUT2D eigenvalue weighted by Crippen LogP contribution is -2.76. The first-order chi connectivity index (χ1) is 24.9. The highest BCUT2D eigenvalue weighted by atomic mass is 16.5. The number of aliphatic hydroxyl groups excluding tert-OH is 1. The zero-order chi connectivity index (χ0) is 36.5. The van der Waals surface area contributed by atoms with E-state index in [0.29, 0.717) is 24.3 Å². The molecule has 5 aliphatic heterocycles. The topological polar surface area (TPSA) is 156 Å². The zero-order valence-electron chi connectivity index (χ0n) is 29.9. The number of carbonyl (C=O) groups excluding carboxylic acids is 3. The van der Waals surface area contributed by atoms with Crippen molar-refractivity contribution in [2.75, 3.05) is 59.5 Å². The number of carbonyl (C=O) groups is 4. The molecule has 2 aromatic rings. The van der Waals surface area contributed by atoms with Gasteiger partial charge in [0.25, 0.3) is 5.91 Å². The molecule has 2 aromatic carbocycles. The Morgan fingerprint density at radius 3 is 2.42 bits per heavy atom. The summed E-state index contributed by atoms with van der Waals surface area (Å²) in [5.74, 6) is -2.40. The minimum atomic E-state index is -1.16. The predicted molar refractivity (Wildman–Crippen MR) is 190 cm³/mol. The molecule has 7 aliphatic rings. The summed E-state index contributed by atoms with van der Waals surface area (Å²) < 4.78 is 13.8. The van der Waals surface area contributed by atoms with E-state index < -0.39 is 30.1 Å². The number of hydrogen-bond donors (Lipinski definition) is 3. The number of carboxylic acids is 1. The summed E-state index contributed by atoms with van der Waals surface area (Å²) >= 11 is 0. The number of ether oxygens (including phenoxy) is 2. The van der Waals surface area contributed by atoms with Crippen molar-refractivity contribution in [3.05, 3.63) is 70.4 Å². The van der Waals surface area contributed by atoms with Crippen molar-refractivity contribution in [2.24, 2.45) is 17.6 Å². The van der Waals surface area contributed by atoms with Crippen LogP contribution in [0.4, 0.5) is 0 Å². The highest BCUT2D eigenvalue weighted by Gasteiger charge is 2.62. The van der Waals surface area contributed by atoms with Gasteiger partial charge in [-0.2, -0.15) is 0 Å². The van der Waals surface area contributed by atoms with Gasteiger partial charge < -0.3 is 39.3 Å². The van der Waals surface area contributed by atoms with Gasteiger partial charge in [-0.1, -0.05) is 30.3 Å². The normalized spacial score (nSPS) is 31.0. The lowest BCUT2D eigenvalue weighted by Gasteiger charge is -2.55. The molecular formula is C40H48N4O8+2. The van der Waals surface area contributed by atoms with Crippen molar-refractivity contribution in [1.82, 2.24) is 4.90 Å². The molecule has 2 bridgehead atoms. The first kappa shape index (κ1) is 34.6. The van der Waals surface area contributed by atoms with Crippen LogP contribution in [-0.4, -0.2) is 126 Å². The Kier molecular flexibility index (Phi) is 8.54. The molecule has 4 unspecified atom stereocenters. The van der Waals surface area contributed by atoms with Gasteiger partial charge in [0, 0.05) is 29.6 Å². The van der Waals surface area contributed by atoms with Gasteiger partial charge in [-0.15, -0.1) is 0 Å². The number of aryl methyl sites for hydroxylation is 1. The van der Waals surface area contributed by atoms with Crippen LogP contribution in [-0.2, 0) is 30.3 Å². The molecule has 5 fully saturated rings. The van der Waals surface area contributed by atoms with Crippen molar-refractivity contribution in [2.45, 2.75) is 57.3 Å². The summed E-state index contributed by atoms with van der Waals surface area (Å²) in [5.41, 5.74) is 11.7. The largest absolute Gasteiger partial charge is 0.485 e. The van der Waals surface area contributed by atoms with E-state index in [0.717, 1.165) is 108 Å². The van der Waals surface area contributed by atoms with Crippen LogP contribution in [0.5, 0.6) is 5.75 Å². The number of β-lactam (4-membered cyclic amide) rings is 1. The molecular weight excluding hydrogens is 664 g/mol. The highest BCUT2D eigenvalue weighted by Crippen LogP contribution is 2.54. The Bertz CT molecular complexity index is 1910. The van der Waals surface area contributed by atoms with E-state index in [1.165, 1.54) is 23.6 Å². The number of aliphatic carboxylic acids is 1. The molecule has 4 N–H and O–H groups in total. The van der Waals surface area contributed by atoms with Crippen molar-refractivity contribution < 1.29 is 47.8 Å². The molecule has 0 aromatic heterocycles. The molecule has 4 saturated heterocycles. The Morgan fingerprint density at radius 1 is 1.02 bits per heavy atom. The number of methoxy groups -OCH3 is 1. The summed E-state index contributed by atoms with van der Waals surface area (Å²) in [6.45, 7) is 9.34. The van der Waals surface area contributed by atoms with Crippen molar-refractivity contribution in [3.8, 4) is 16.9 Å². The molecule has 5 heterocycles. The number of esters is 1. The number of primary amides is 1. The number of hydrogen-bond acceptors (Lipinski definition) is 7. The van der Waals surface area contributed by atoms with E-state index in [1.54, 1.807) is 6.92 Å². The number of quaternary nitrogens is 2. The molecule has 2 amide bonds. The van der Waals surface area contributed by atoms with Crippen LogP contribution in [0, 0.1) is 11.8 Å². The van der Waals surface area contributed by atoms with Crippen LogP contribution in [0.3, 0.4) is 0 Å². The van der Waals surface area contributed by atoms with Crippen molar-refractivity contribution in [1.29, 1.82) is 0 Å². The number of aliphatic hydroxyl groups is 1. The molecule has 52 heavy (non-hydrogen) atoms. The van der Waals surface area contributed by atoms with Crippen molar-refractivity contribution in [3.63, 3.8) is 0 Å². The highest BCUT2D eigenvalue weighted by molar-refractivity contribution is 6.08. The number of piperazine rings is 3. The van der Waals surface area contributed by atoms with Crippen LogP contribution in [0.15, 0.2) is 53.7 Å². The first-order valence-electron chi connectivity index (χ1n) is 18.7. The van der Waals surface area contributed by atoms with Crippen LogP contribution >= 0.6 is 0 Å². The molecule has 9 rings (SSSR count). The second kappa shape index (κ2) is 12.9. The molecule has 274 valence electrons. The summed E-state index contributed by atoms with van der Waals surface area (Å²) in [7, 11) is 1.36. The number of fused-ring (bicyclic) bond motifs is 9. The molecule has 5 atom stereocenters. The minimum Gasteiger partial charge on any atom is -0.485 e. The maximum atomic E-state index is 13.1. The number of rotatable bonds is 11. The maximum Gasteiger partial charge on any atom is 0.352 e. The fourth-order valence-electron chi connectivity index (χ4n) is 10.4. The second-order valence-corrected chi connectivity index (χ2v) is 15.8. The number of nitrogens with two attached hydrogens (primary N) is 1. The lowest BCUT2D eigenvalue weighted by molar-refractivity contribution is -1.08. The third-order valence-electron chi connectivity index (χ3n) is 13.0. The molecule has 12 heteroatoms. The third-order valence-corrected chi connectivity index (χ3v) is 13.0. The number of amides is 2. The molecule has 12 nitrogen and oxygen atoms in total. The Morgan fingerprint density at radius 2 is 1.75 bits per heavy atom. The van der Waals surface area contributed by atoms with E-state index >= 15 is 0 Å². The van der Waals surface area contributed by atoms with Crippen LogP contribution in [0.2, 0.25) is 0 Å².